The van der Waals surface area contributed by atoms with Gasteiger partial charge in [-0.25, -0.2) is 34.3 Å². The highest BCUT2D eigenvalue weighted by Gasteiger charge is 2.47. The Bertz CT molecular complexity index is 3280. The van der Waals surface area contributed by atoms with Crippen molar-refractivity contribution >= 4 is 108 Å². The number of nitrogens with one attached hydrogen (secondary N) is 2. The van der Waals surface area contributed by atoms with Gasteiger partial charge in [0.2, 0.25) is 11.1 Å². The van der Waals surface area contributed by atoms with E-state index in [-0.39, 0.29) is 58.8 Å². The molecule has 0 aromatic carbocycles. The third-order valence-corrected chi connectivity index (χ3v) is 18.5. The van der Waals surface area contributed by atoms with Crippen molar-refractivity contribution in [2.75, 3.05) is 85.5 Å². The van der Waals surface area contributed by atoms with Crippen LogP contribution in [0.3, 0.4) is 0 Å². The van der Waals surface area contributed by atoms with Crippen LogP contribution in [0, 0.1) is 63.2 Å². The van der Waals surface area contributed by atoms with Crippen LogP contribution in [0.2, 0.25) is 0 Å². The largest absolute Gasteiger partial charge is 0.444 e. The van der Waals surface area contributed by atoms with Crippen LogP contribution in [0.15, 0.2) is 57.7 Å². The molecule has 25 heteroatoms. The number of fused-ring (bicyclic) bond motifs is 3. The highest BCUT2D eigenvalue weighted by molar-refractivity contribution is 9.10. The molecule has 0 bridgehead atoms. The zero-order valence-corrected chi connectivity index (χ0v) is 61.7. The number of aromatic nitrogens is 4. The predicted octanol–water partition coefficient (Wildman–Crippen LogP) is 12.4. The molecule has 3 aliphatic carbocycles. The van der Waals surface area contributed by atoms with E-state index in [4.69, 9.17) is 42.3 Å². The highest BCUT2D eigenvalue weighted by atomic mass is 79.9. The summed E-state index contributed by atoms with van der Waals surface area (Å²) in [6, 6.07) is 16.7. The molecule has 4 amide bonds. The Labute approximate surface area is 583 Å². The number of Topliss-reactive ketones (excluding diaryl/α,β-unsaturated/α-hetero) is 1. The number of likely N-dealkylation sites (tertiary alicyclic amines) is 3. The minimum Gasteiger partial charge on any atom is -0.444 e. The molecule has 9 fully saturated rings. The highest BCUT2D eigenvalue weighted by Crippen LogP contribution is 2.39. The molecule has 95 heavy (non-hydrogen) atoms. The summed E-state index contributed by atoms with van der Waals surface area (Å²) in [6.45, 7) is 32.7. The first-order valence-corrected chi connectivity index (χ1v) is 35.5. The molecule has 0 radical (unpaired) electrons. The van der Waals surface area contributed by atoms with Crippen LogP contribution in [-0.4, -0.2) is 164 Å². The summed E-state index contributed by atoms with van der Waals surface area (Å²) in [4.78, 5) is 97.7. The van der Waals surface area contributed by atoms with Crippen molar-refractivity contribution in [3.63, 3.8) is 0 Å². The van der Waals surface area contributed by atoms with Crippen LogP contribution < -0.4 is 31.9 Å². The maximum Gasteiger partial charge on any atom is 0.410 e. The van der Waals surface area contributed by atoms with Gasteiger partial charge in [0.05, 0.1) is 17.8 Å². The Morgan fingerprint density at radius 2 is 0.958 bits per heavy atom. The number of anilines is 5. The number of aryl methyl sites for hydroxylation is 4. The van der Waals surface area contributed by atoms with Gasteiger partial charge < -0.3 is 60.8 Å². The number of carbonyl (C=O) groups is 6. The summed E-state index contributed by atoms with van der Waals surface area (Å²) < 4.78 is 17.9. The fourth-order valence-electron chi connectivity index (χ4n) is 12.5. The van der Waals surface area contributed by atoms with Crippen molar-refractivity contribution in [1.82, 2.24) is 40.0 Å². The molecule has 6 atom stereocenters. The number of rotatable bonds is 8. The molecule has 6 N–H and O–H groups in total. The number of nitrogen functional groups attached to an aromatic ring is 2. The molecular weight excluding hydrogens is 1360 g/mol. The maximum absolute atomic E-state index is 12.5. The van der Waals surface area contributed by atoms with Gasteiger partial charge in [0.1, 0.15) is 60.9 Å². The standard InChI is InChI=1S/C22H31N3O3.C17H26N4O2.C11H20N2O2.C10H11BrN2O.C6H7BrN2.C4H5ClO/c1-14-9-17(11-19(26)15-5-6-15)23-20(10-14)25-8-7-16-12-24(13-18(16)25)21(27)28-22(2,3)4;1-11-7-14(18)19-15(8-11)21-6-5-12-9-20(10-13(12)21)16(22)23-17(2,3)4;1-11(2,3)15-10(14)13-6-8-4-5-12-9(8)7-13;1-6-4-8(11)12-9(5-6)13-10(14)7-2-3-7;1-4-2-5(7)9-6(8)3-4;5-4(6)3-1-2-3/h9-10,15-16,18H,5-8,11-13H2,1-4H3;7-8,12-13H,5-6,9-10H2,1-4H3,(H2,18,19);8-9,12H,4-7H2,1-3H3;4-5,7H,2-3H2,1H3,(H,12,13,14);2-3H,1H3,(H2,8,9);3H,1-2H2. The summed E-state index contributed by atoms with van der Waals surface area (Å²) in [5, 5.41) is 6.06. The van der Waals surface area contributed by atoms with Gasteiger partial charge in [-0.3, -0.25) is 14.4 Å². The van der Waals surface area contributed by atoms with Crippen LogP contribution in [0.1, 0.15) is 148 Å². The van der Waals surface area contributed by atoms with Crippen LogP contribution in [0.5, 0.6) is 0 Å². The second-order valence-electron chi connectivity index (χ2n) is 29.8. The van der Waals surface area contributed by atoms with Gasteiger partial charge in [-0.2, -0.15) is 0 Å². The van der Waals surface area contributed by atoms with E-state index in [0.29, 0.717) is 72.6 Å². The van der Waals surface area contributed by atoms with E-state index in [1.165, 1.54) is 6.42 Å². The molecule has 6 aliphatic heterocycles. The zero-order chi connectivity index (χ0) is 69.4. The number of pyridine rings is 4. The lowest BCUT2D eigenvalue weighted by atomic mass is 10.1. The molecule has 9 aliphatic rings. The number of nitrogens with zero attached hydrogens (tertiary/aromatic N) is 9. The van der Waals surface area contributed by atoms with Gasteiger partial charge >= 0.3 is 18.3 Å². The third kappa shape index (κ3) is 23.4. The Balaban J connectivity index is 0.000000155. The van der Waals surface area contributed by atoms with Crippen molar-refractivity contribution < 1.29 is 43.0 Å². The summed E-state index contributed by atoms with van der Waals surface area (Å²) in [5.41, 5.74) is 15.3. The van der Waals surface area contributed by atoms with Gasteiger partial charge in [-0.1, -0.05) is 0 Å². The minimum atomic E-state index is -0.477. The average molecular weight is 1460 g/mol. The monoisotopic (exact) mass is 1460 g/mol. The van der Waals surface area contributed by atoms with E-state index in [1.807, 2.05) is 134 Å². The molecule has 4 aromatic rings. The predicted molar refractivity (Wildman–Crippen MR) is 378 cm³/mol. The summed E-state index contributed by atoms with van der Waals surface area (Å²) in [6.07, 6.45) is 9.26. The molecule has 0 spiro atoms. The van der Waals surface area contributed by atoms with Gasteiger partial charge in [-0.15, -0.1) is 0 Å². The Kier molecular flexibility index (Phi) is 25.0. The zero-order valence-electron chi connectivity index (χ0n) is 57.7. The van der Waals surface area contributed by atoms with Crippen LogP contribution in [-0.2, 0) is 35.0 Å². The quantitative estimate of drug-likeness (QED) is 0.0725. The fraction of sp³-hybridized carbons (Fsp3) is 0.629. The number of amides is 4. The topological polar surface area (TPSA) is 274 Å². The third-order valence-electron chi connectivity index (χ3n) is 17.4. The van der Waals surface area contributed by atoms with E-state index in [9.17, 15) is 28.8 Å². The molecule has 6 saturated heterocycles. The number of ether oxygens (including phenoxy) is 3. The van der Waals surface area contributed by atoms with Crippen LogP contribution in [0.4, 0.5) is 43.5 Å². The fourth-order valence-corrected chi connectivity index (χ4v) is 13.8. The van der Waals surface area contributed by atoms with E-state index < -0.39 is 11.2 Å². The Hall–Kier alpha value is -6.37. The van der Waals surface area contributed by atoms with Crippen molar-refractivity contribution in [2.24, 2.45) is 35.5 Å². The van der Waals surface area contributed by atoms with Crippen molar-refractivity contribution in [1.29, 1.82) is 0 Å². The first-order chi connectivity index (χ1) is 44.5. The van der Waals surface area contributed by atoms with Gasteiger partial charge in [0, 0.05) is 94.4 Å². The maximum atomic E-state index is 12.5. The Morgan fingerprint density at radius 3 is 1.38 bits per heavy atom. The van der Waals surface area contributed by atoms with Crippen molar-refractivity contribution in [2.45, 2.75) is 189 Å². The van der Waals surface area contributed by atoms with Crippen molar-refractivity contribution in [3.05, 3.63) is 85.7 Å². The smallest absolute Gasteiger partial charge is 0.410 e. The molecule has 4 aromatic heterocycles. The van der Waals surface area contributed by atoms with E-state index >= 15 is 0 Å². The van der Waals surface area contributed by atoms with E-state index in [2.05, 4.69) is 86.3 Å². The lowest BCUT2D eigenvalue weighted by molar-refractivity contribution is -0.119. The Morgan fingerprint density at radius 1 is 0.526 bits per heavy atom. The van der Waals surface area contributed by atoms with Gasteiger partial charge in [-0.05, 0) is 275 Å². The molecule has 6 unspecified atom stereocenters. The molecular formula is C70H100Br2ClN13O9. The minimum absolute atomic E-state index is 0.0926. The summed E-state index contributed by atoms with van der Waals surface area (Å²) in [7, 11) is 0. The first kappa shape index (κ1) is 74.4. The molecule has 10 heterocycles. The lowest BCUT2D eigenvalue weighted by Crippen LogP contribution is -2.39. The molecule has 520 valence electrons. The SMILES string of the molecule is CC(C)(C)OC(=O)N1CC2CCNC2C1.Cc1cc(Br)nc(NC(=O)C2CC2)c1.Cc1cc(CC(=O)C2CC2)nc(N2CCC3CN(C(=O)OC(C)(C)C)CC32)c1.Cc1cc(N)nc(Br)c1.Cc1cc(N)nc(N2CCC3CN(C(=O)OC(C)(C)C)CC32)c1.O=C(Cl)C1CC1. The van der Waals surface area contributed by atoms with Gasteiger partial charge in [0.15, 0.2) is 0 Å². The molecule has 13 rings (SSSR count). The van der Waals surface area contributed by atoms with Crippen LogP contribution in [0.25, 0.3) is 0 Å². The van der Waals surface area contributed by atoms with E-state index in [1.54, 1.807) is 0 Å². The number of halogens is 3. The number of hydrogen-bond acceptors (Lipinski definition) is 18. The first-order valence-electron chi connectivity index (χ1n) is 33.5. The summed E-state index contributed by atoms with van der Waals surface area (Å²) >= 11 is 11.6. The average Bonchev–Trinajstić information content (AvgIpc) is 1.65. The number of nitrogens with two attached hydrogens (primary N) is 2. The lowest BCUT2D eigenvalue weighted by Gasteiger charge is -2.28. The second kappa shape index (κ2) is 31.9. The number of carbonyl (C=O) groups excluding carboxylic acids is 6. The summed E-state index contributed by atoms with van der Waals surface area (Å²) in [5.74, 6) is 6.28. The normalized spacial score (nSPS) is 22.3. The second-order valence-corrected chi connectivity index (χ2v) is 31.8. The molecule has 3 saturated carbocycles. The number of hydrogen-bond donors (Lipinski definition) is 4. The van der Waals surface area contributed by atoms with Crippen LogP contribution >= 0.6 is 43.5 Å². The molecule has 22 nitrogen and oxygen atoms in total. The van der Waals surface area contributed by atoms with Gasteiger partial charge in [0.25, 0.3) is 0 Å². The van der Waals surface area contributed by atoms with E-state index in [0.717, 1.165) is 146 Å². The van der Waals surface area contributed by atoms with Crippen molar-refractivity contribution in [3.8, 4) is 0 Å². The number of ketones is 1.